The second kappa shape index (κ2) is 8.67. The lowest BCUT2D eigenvalue weighted by Crippen LogP contribution is -1.98. The molecule has 0 N–H and O–H groups in total. The van der Waals surface area contributed by atoms with E-state index >= 15 is 0 Å². The number of hydrogen-bond acceptors (Lipinski definition) is 3. The lowest BCUT2D eigenvalue weighted by atomic mass is 10.1. The molecule has 0 aromatic carbocycles. The summed E-state index contributed by atoms with van der Waals surface area (Å²) in [6.45, 7) is 0. The van der Waals surface area contributed by atoms with Crippen LogP contribution in [0.2, 0.25) is 0 Å². The van der Waals surface area contributed by atoms with Crippen LogP contribution >= 0.6 is 0 Å². The second-order valence-corrected chi connectivity index (χ2v) is 4.54. The third-order valence-electron chi connectivity index (χ3n) is 3.10. The van der Waals surface area contributed by atoms with E-state index in [2.05, 4.69) is 16.9 Å². The zero-order valence-electron chi connectivity index (χ0n) is 11.1. The van der Waals surface area contributed by atoms with Gasteiger partial charge in [-0.25, -0.2) is 0 Å². The molecule has 0 bridgehead atoms. The van der Waals surface area contributed by atoms with Crippen LogP contribution in [-0.2, 0) is 14.3 Å². The number of Topliss-reactive ketones (excluding diaryl/α,β-unsaturated/α-hetero) is 1. The Hall–Kier alpha value is -1.38. The predicted octanol–water partition coefficient (Wildman–Crippen LogP) is 3.35. The van der Waals surface area contributed by atoms with E-state index in [0.717, 1.165) is 44.1 Å². The molecule has 0 atom stereocenters. The van der Waals surface area contributed by atoms with E-state index in [0.29, 0.717) is 18.6 Å². The van der Waals surface area contributed by atoms with Crippen molar-refractivity contribution < 1.29 is 14.3 Å². The van der Waals surface area contributed by atoms with E-state index in [9.17, 15) is 9.59 Å². The molecule has 0 amide bonds. The molecule has 100 valence electrons. The summed E-state index contributed by atoms with van der Waals surface area (Å²) in [5.41, 5.74) is 0.969. The molecule has 3 heteroatoms. The Morgan fingerprint density at radius 2 is 2.17 bits per heavy atom. The quantitative estimate of drug-likeness (QED) is 0.377. The number of carbonyl (C=O) groups is 2. The molecule has 0 heterocycles. The van der Waals surface area contributed by atoms with Gasteiger partial charge in [-0.05, 0) is 37.7 Å². The molecule has 0 aromatic rings. The van der Waals surface area contributed by atoms with E-state index in [1.807, 2.05) is 6.08 Å². The standard InChI is InChI=1S/C15H22O3/c1-18-15(17)12-7-5-3-2-4-6-9-13-10-8-11-14(13)16/h4,6,10H,2-3,5,7-9,11-12H2,1H3. The number of rotatable bonds is 8. The Balaban J connectivity index is 1.97. The highest BCUT2D eigenvalue weighted by Crippen LogP contribution is 2.17. The first kappa shape index (κ1) is 14.7. The lowest BCUT2D eigenvalue weighted by molar-refractivity contribution is -0.140. The number of unbranched alkanes of at least 4 members (excludes halogenated alkanes) is 3. The van der Waals surface area contributed by atoms with E-state index in [1.165, 1.54) is 7.11 Å². The van der Waals surface area contributed by atoms with Gasteiger partial charge in [0.1, 0.15) is 0 Å². The van der Waals surface area contributed by atoms with Gasteiger partial charge in [0.15, 0.2) is 5.78 Å². The molecule has 1 aliphatic rings. The highest BCUT2D eigenvalue weighted by atomic mass is 16.5. The summed E-state index contributed by atoms with van der Waals surface area (Å²) >= 11 is 0. The van der Waals surface area contributed by atoms with Crippen molar-refractivity contribution in [2.75, 3.05) is 7.11 Å². The van der Waals surface area contributed by atoms with Crippen molar-refractivity contribution in [2.45, 2.75) is 51.4 Å². The Kier molecular flexibility index (Phi) is 7.07. The zero-order chi connectivity index (χ0) is 13.2. The molecule has 0 saturated heterocycles. The van der Waals surface area contributed by atoms with Crippen LogP contribution in [0.4, 0.5) is 0 Å². The molecule has 0 aromatic heterocycles. The minimum atomic E-state index is -0.128. The molecule has 18 heavy (non-hydrogen) atoms. The molecular weight excluding hydrogens is 228 g/mol. The Morgan fingerprint density at radius 1 is 1.33 bits per heavy atom. The minimum Gasteiger partial charge on any atom is -0.469 e. The topological polar surface area (TPSA) is 43.4 Å². The third-order valence-corrected chi connectivity index (χ3v) is 3.10. The van der Waals surface area contributed by atoms with Gasteiger partial charge in [-0.1, -0.05) is 24.6 Å². The molecule has 1 aliphatic carbocycles. The fourth-order valence-corrected chi connectivity index (χ4v) is 1.99. The molecular formula is C15H22O3. The van der Waals surface area contributed by atoms with Crippen LogP contribution in [0, 0.1) is 0 Å². The normalized spacial score (nSPS) is 15.2. The lowest BCUT2D eigenvalue weighted by Gasteiger charge is -1.98. The van der Waals surface area contributed by atoms with Crippen LogP contribution in [0.3, 0.4) is 0 Å². The molecule has 0 fully saturated rings. The Labute approximate surface area is 109 Å². The molecule has 0 aliphatic heterocycles. The van der Waals surface area contributed by atoms with Crippen molar-refractivity contribution in [3.05, 3.63) is 23.8 Å². The van der Waals surface area contributed by atoms with Crippen LogP contribution in [-0.4, -0.2) is 18.9 Å². The number of methoxy groups -OCH3 is 1. The maximum Gasteiger partial charge on any atom is 0.305 e. The van der Waals surface area contributed by atoms with Gasteiger partial charge in [-0.2, -0.15) is 0 Å². The van der Waals surface area contributed by atoms with E-state index < -0.39 is 0 Å². The van der Waals surface area contributed by atoms with Crippen LogP contribution in [0.5, 0.6) is 0 Å². The highest BCUT2D eigenvalue weighted by Gasteiger charge is 2.12. The molecule has 0 spiro atoms. The summed E-state index contributed by atoms with van der Waals surface area (Å²) < 4.78 is 4.57. The van der Waals surface area contributed by atoms with Gasteiger partial charge in [-0.3, -0.25) is 9.59 Å². The average Bonchev–Trinajstić information content (AvgIpc) is 2.78. The van der Waals surface area contributed by atoms with E-state index in [-0.39, 0.29) is 5.97 Å². The van der Waals surface area contributed by atoms with Crippen LogP contribution in [0.25, 0.3) is 0 Å². The first-order valence-corrected chi connectivity index (χ1v) is 6.68. The SMILES string of the molecule is COC(=O)CCCCCC=CCC1=CCCC1=O. The largest absolute Gasteiger partial charge is 0.469 e. The number of carbonyl (C=O) groups excluding carboxylic acids is 2. The number of allylic oxidation sites excluding steroid dienone is 4. The third kappa shape index (κ3) is 5.80. The van der Waals surface area contributed by atoms with Gasteiger partial charge < -0.3 is 4.74 Å². The smallest absolute Gasteiger partial charge is 0.305 e. The fraction of sp³-hybridized carbons (Fsp3) is 0.600. The van der Waals surface area contributed by atoms with Gasteiger partial charge in [-0.15, -0.1) is 0 Å². The van der Waals surface area contributed by atoms with Crippen LogP contribution in [0.15, 0.2) is 23.8 Å². The minimum absolute atomic E-state index is 0.128. The van der Waals surface area contributed by atoms with Gasteiger partial charge in [0.05, 0.1) is 7.11 Å². The van der Waals surface area contributed by atoms with Gasteiger partial charge in [0, 0.05) is 12.8 Å². The molecule has 3 nitrogen and oxygen atoms in total. The summed E-state index contributed by atoms with van der Waals surface area (Å²) in [4.78, 5) is 22.2. The zero-order valence-corrected chi connectivity index (χ0v) is 11.1. The van der Waals surface area contributed by atoms with Crippen molar-refractivity contribution in [2.24, 2.45) is 0 Å². The molecule has 0 saturated carbocycles. The summed E-state index contributed by atoms with van der Waals surface area (Å²) in [7, 11) is 1.42. The second-order valence-electron chi connectivity index (χ2n) is 4.54. The van der Waals surface area contributed by atoms with Crippen molar-refractivity contribution in [3.8, 4) is 0 Å². The molecule has 1 rings (SSSR count). The van der Waals surface area contributed by atoms with Gasteiger partial charge in [0.25, 0.3) is 0 Å². The fourth-order valence-electron chi connectivity index (χ4n) is 1.99. The number of hydrogen-bond donors (Lipinski definition) is 0. The molecule has 0 unspecified atom stereocenters. The monoisotopic (exact) mass is 250 g/mol. The number of esters is 1. The number of ketones is 1. The van der Waals surface area contributed by atoms with Crippen molar-refractivity contribution in [1.82, 2.24) is 0 Å². The van der Waals surface area contributed by atoms with Gasteiger partial charge >= 0.3 is 5.97 Å². The van der Waals surface area contributed by atoms with E-state index in [4.69, 9.17) is 0 Å². The Bertz CT molecular complexity index is 340. The van der Waals surface area contributed by atoms with E-state index in [1.54, 1.807) is 0 Å². The summed E-state index contributed by atoms with van der Waals surface area (Å²) in [5, 5.41) is 0. The maximum absolute atomic E-state index is 11.3. The van der Waals surface area contributed by atoms with Gasteiger partial charge in [0.2, 0.25) is 0 Å². The number of ether oxygens (including phenoxy) is 1. The first-order valence-electron chi connectivity index (χ1n) is 6.68. The summed E-state index contributed by atoms with van der Waals surface area (Å²) in [6, 6.07) is 0. The average molecular weight is 250 g/mol. The van der Waals surface area contributed by atoms with Crippen molar-refractivity contribution in [1.29, 1.82) is 0 Å². The Morgan fingerprint density at radius 3 is 2.83 bits per heavy atom. The van der Waals surface area contributed by atoms with Crippen molar-refractivity contribution >= 4 is 11.8 Å². The van der Waals surface area contributed by atoms with Crippen LogP contribution in [0.1, 0.15) is 51.4 Å². The van der Waals surface area contributed by atoms with Crippen molar-refractivity contribution in [3.63, 3.8) is 0 Å². The first-order chi connectivity index (χ1) is 8.74. The van der Waals surface area contributed by atoms with Crippen LogP contribution < -0.4 is 0 Å². The highest BCUT2D eigenvalue weighted by molar-refractivity contribution is 5.97. The summed E-state index contributed by atoms with van der Waals surface area (Å²) in [5.74, 6) is 0.176. The summed E-state index contributed by atoms with van der Waals surface area (Å²) in [6.07, 6.45) is 13.2. The predicted molar refractivity (Wildman–Crippen MR) is 71.2 cm³/mol. The molecule has 0 radical (unpaired) electrons. The maximum atomic E-state index is 11.3.